The second-order valence-electron chi connectivity index (χ2n) is 3.50. The summed E-state index contributed by atoms with van der Waals surface area (Å²) >= 11 is 9.82. The summed E-state index contributed by atoms with van der Waals surface area (Å²) in [5.41, 5.74) is 6.38. The number of anilines is 1. The molecule has 1 aromatic carbocycles. The van der Waals surface area contributed by atoms with Crippen molar-refractivity contribution in [2.75, 3.05) is 17.3 Å². The fourth-order valence-corrected chi connectivity index (χ4v) is 2.34. The highest BCUT2D eigenvalue weighted by Gasteiger charge is 2.14. The lowest BCUT2D eigenvalue weighted by molar-refractivity contribution is -0.117. The van der Waals surface area contributed by atoms with E-state index in [0.717, 1.165) is 9.32 Å². The predicted octanol–water partition coefficient (Wildman–Crippen LogP) is 2.96. The standard InChI is InChI=1S/C11H14ClIN2OS/c1-17-5-4-9(14)11(16)15-10-6-7(13)2-3-8(10)12/h2-3,6,9H,4-5,14H2,1H3,(H,15,16)/t9-/m1/s1. The van der Waals surface area contributed by atoms with E-state index >= 15 is 0 Å². The Morgan fingerprint density at radius 1 is 1.65 bits per heavy atom. The molecule has 1 aromatic rings. The third-order valence-electron chi connectivity index (χ3n) is 2.16. The molecule has 6 heteroatoms. The van der Waals surface area contributed by atoms with Gasteiger partial charge in [0.25, 0.3) is 0 Å². The molecule has 0 aliphatic rings. The van der Waals surface area contributed by atoms with Crippen molar-refractivity contribution < 1.29 is 4.79 Å². The second-order valence-corrected chi connectivity index (χ2v) is 6.14. The average molecular weight is 385 g/mol. The minimum absolute atomic E-state index is 0.192. The van der Waals surface area contributed by atoms with Crippen LogP contribution in [-0.2, 0) is 4.79 Å². The molecule has 0 spiro atoms. The number of hydrogen-bond acceptors (Lipinski definition) is 3. The van der Waals surface area contributed by atoms with Gasteiger partial charge in [-0.15, -0.1) is 0 Å². The van der Waals surface area contributed by atoms with E-state index in [2.05, 4.69) is 27.9 Å². The van der Waals surface area contributed by atoms with E-state index in [1.807, 2.05) is 18.4 Å². The molecule has 94 valence electrons. The lowest BCUT2D eigenvalue weighted by atomic mass is 10.2. The Hall–Kier alpha value is 0.0200. The SMILES string of the molecule is CSCC[C@@H](N)C(=O)Nc1cc(I)ccc1Cl. The molecule has 1 amide bonds. The summed E-state index contributed by atoms with van der Waals surface area (Å²) in [5, 5.41) is 3.27. The van der Waals surface area contributed by atoms with Gasteiger partial charge < -0.3 is 11.1 Å². The van der Waals surface area contributed by atoms with Crippen LogP contribution in [0, 0.1) is 3.57 Å². The third kappa shape index (κ3) is 5.03. The topological polar surface area (TPSA) is 55.1 Å². The second kappa shape index (κ2) is 7.45. The van der Waals surface area contributed by atoms with Gasteiger partial charge in [-0.25, -0.2) is 0 Å². The van der Waals surface area contributed by atoms with E-state index in [1.54, 1.807) is 17.8 Å². The quantitative estimate of drug-likeness (QED) is 0.768. The van der Waals surface area contributed by atoms with Gasteiger partial charge >= 0.3 is 0 Å². The van der Waals surface area contributed by atoms with Crippen molar-refractivity contribution in [1.82, 2.24) is 0 Å². The van der Waals surface area contributed by atoms with Gasteiger partial charge in [0.15, 0.2) is 0 Å². The van der Waals surface area contributed by atoms with Gasteiger partial charge in [0.05, 0.1) is 16.8 Å². The largest absolute Gasteiger partial charge is 0.323 e. The van der Waals surface area contributed by atoms with Crippen molar-refractivity contribution in [3.05, 3.63) is 26.8 Å². The normalized spacial score (nSPS) is 12.2. The lowest BCUT2D eigenvalue weighted by Gasteiger charge is -2.12. The minimum atomic E-state index is -0.489. The Labute approximate surface area is 124 Å². The van der Waals surface area contributed by atoms with E-state index in [-0.39, 0.29) is 5.91 Å². The highest BCUT2D eigenvalue weighted by molar-refractivity contribution is 14.1. The van der Waals surface area contributed by atoms with E-state index in [9.17, 15) is 4.79 Å². The van der Waals surface area contributed by atoms with Crippen LogP contribution in [0.3, 0.4) is 0 Å². The zero-order chi connectivity index (χ0) is 12.8. The summed E-state index contributed by atoms with van der Waals surface area (Å²) < 4.78 is 1.01. The van der Waals surface area contributed by atoms with Crippen LogP contribution in [0.4, 0.5) is 5.69 Å². The first kappa shape index (κ1) is 15.1. The molecule has 3 nitrogen and oxygen atoms in total. The number of hydrogen-bond donors (Lipinski definition) is 2. The zero-order valence-corrected chi connectivity index (χ0v) is 13.1. The van der Waals surface area contributed by atoms with Crippen LogP contribution >= 0.6 is 46.0 Å². The Morgan fingerprint density at radius 3 is 3.00 bits per heavy atom. The van der Waals surface area contributed by atoms with Gasteiger partial charge in [0.2, 0.25) is 5.91 Å². The van der Waals surface area contributed by atoms with Gasteiger partial charge in [-0.3, -0.25) is 4.79 Å². The molecule has 0 unspecified atom stereocenters. The van der Waals surface area contributed by atoms with Crippen molar-refractivity contribution in [2.24, 2.45) is 5.73 Å². The summed E-state index contributed by atoms with van der Waals surface area (Å²) in [4.78, 5) is 11.8. The summed E-state index contributed by atoms with van der Waals surface area (Å²) in [7, 11) is 0. The Kier molecular flexibility index (Phi) is 6.61. The van der Waals surface area contributed by atoms with Crippen LogP contribution < -0.4 is 11.1 Å². The van der Waals surface area contributed by atoms with Crippen molar-refractivity contribution >= 4 is 57.5 Å². The van der Waals surface area contributed by atoms with E-state index < -0.39 is 6.04 Å². The molecule has 1 atom stereocenters. The monoisotopic (exact) mass is 384 g/mol. The van der Waals surface area contributed by atoms with Crippen LogP contribution in [0.1, 0.15) is 6.42 Å². The fourth-order valence-electron chi connectivity index (χ4n) is 1.19. The van der Waals surface area contributed by atoms with Crippen LogP contribution in [0.2, 0.25) is 5.02 Å². The van der Waals surface area contributed by atoms with Crippen LogP contribution in [-0.4, -0.2) is 24.0 Å². The van der Waals surface area contributed by atoms with Gasteiger partial charge in [0, 0.05) is 3.57 Å². The molecular weight excluding hydrogens is 371 g/mol. The number of nitrogens with one attached hydrogen (secondary N) is 1. The minimum Gasteiger partial charge on any atom is -0.323 e. The molecule has 0 bridgehead atoms. The van der Waals surface area contributed by atoms with Gasteiger partial charge in [-0.05, 0) is 59.2 Å². The number of carbonyl (C=O) groups excluding carboxylic acids is 1. The molecule has 3 N–H and O–H groups in total. The molecular formula is C11H14ClIN2OS. The summed E-state index contributed by atoms with van der Waals surface area (Å²) in [5.74, 6) is 0.678. The first-order valence-electron chi connectivity index (χ1n) is 5.05. The molecule has 0 aromatic heterocycles. The number of carbonyl (C=O) groups is 1. The summed E-state index contributed by atoms with van der Waals surface area (Å²) in [6.45, 7) is 0. The van der Waals surface area contributed by atoms with Gasteiger partial charge in [-0.1, -0.05) is 11.6 Å². The molecule has 0 fully saturated rings. The van der Waals surface area contributed by atoms with Crippen LogP contribution in [0.15, 0.2) is 18.2 Å². The molecule has 0 saturated heterocycles. The zero-order valence-electron chi connectivity index (χ0n) is 9.37. The maximum Gasteiger partial charge on any atom is 0.241 e. The first-order chi connectivity index (χ1) is 8.04. The average Bonchev–Trinajstić information content (AvgIpc) is 2.30. The van der Waals surface area contributed by atoms with E-state index in [4.69, 9.17) is 17.3 Å². The van der Waals surface area contributed by atoms with Crippen molar-refractivity contribution in [3.63, 3.8) is 0 Å². The molecule has 17 heavy (non-hydrogen) atoms. The summed E-state index contributed by atoms with van der Waals surface area (Å²) in [6.07, 6.45) is 2.65. The number of benzene rings is 1. The number of nitrogens with two attached hydrogens (primary N) is 1. The van der Waals surface area contributed by atoms with Crippen LogP contribution in [0.25, 0.3) is 0 Å². The highest BCUT2D eigenvalue weighted by atomic mass is 127. The lowest BCUT2D eigenvalue weighted by Crippen LogP contribution is -2.36. The van der Waals surface area contributed by atoms with Crippen molar-refractivity contribution in [2.45, 2.75) is 12.5 Å². The Morgan fingerprint density at radius 2 is 2.35 bits per heavy atom. The highest BCUT2D eigenvalue weighted by Crippen LogP contribution is 2.24. The Balaban J connectivity index is 2.64. The number of amides is 1. The number of thioether (sulfide) groups is 1. The number of rotatable bonds is 5. The summed E-state index contributed by atoms with van der Waals surface area (Å²) in [6, 6.07) is 4.97. The maximum absolute atomic E-state index is 11.8. The van der Waals surface area contributed by atoms with Gasteiger partial charge in [-0.2, -0.15) is 11.8 Å². The van der Waals surface area contributed by atoms with Crippen LogP contribution in [0.5, 0.6) is 0 Å². The molecule has 0 aliphatic carbocycles. The first-order valence-corrected chi connectivity index (χ1v) is 7.90. The molecule has 0 heterocycles. The number of halogens is 2. The third-order valence-corrected chi connectivity index (χ3v) is 3.80. The van der Waals surface area contributed by atoms with Gasteiger partial charge in [0.1, 0.15) is 0 Å². The molecule has 1 rings (SSSR count). The van der Waals surface area contributed by atoms with E-state index in [0.29, 0.717) is 17.1 Å². The molecule has 0 radical (unpaired) electrons. The maximum atomic E-state index is 11.8. The van der Waals surface area contributed by atoms with E-state index in [1.165, 1.54) is 0 Å². The fraction of sp³-hybridized carbons (Fsp3) is 0.364. The molecule has 0 aliphatic heterocycles. The smallest absolute Gasteiger partial charge is 0.241 e. The molecule has 0 saturated carbocycles. The Bertz CT molecular complexity index is 403. The van der Waals surface area contributed by atoms with Crippen molar-refractivity contribution in [3.8, 4) is 0 Å². The van der Waals surface area contributed by atoms with Crippen molar-refractivity contribution in [1.29, 1.82) is 0 Å². The predicted molar refractivity (Wildman–Crippen MR) is 83.8 cm³/mol.